The molecule has 5 heteroatoms. The standard InChI is InChI=1S/C8H16N2O2S/c11-13(12)7-3-6-10(13)8-9-4-1-2-5-9/h1-8H2. The minimum Gasteiger partial charge on any atom is -0.290 e. The van der Waals surface area contributed by atoms with Gasteiger partial charge in [0.25, 0.3) is 0 Å². The van der Waals surface area contributed by atoms with Gasteiger partial charge in [0.15, 0.2) is 0 Å². The molecule has 13 heavy (non-hydrogen) atoms. The second-order valence-electron chi connectivity index (χ2n) is 3.81. The van der Waals surface area contributed by atoms with Crippen LogP contribution in [-0.2, 0) is 10.0 Å². The van der Waals surface area contributed by atoms with Gasteiger partial charge in [0.2, 0.25) is 10.0 Å². The molecule has 0 spiro atoms. The predicted octanol–water partition coefficient (Wildman–Crippen LogP) is 0.0752. The first-order chi connectivity index (χ1) is 6.18. The van der Waals surface area contributed by atoms with E-state index in [1.807, 2.05) is 0 Å². The normalized spacial score (nSPS) is 29.8. The summed E-state index contributed by atoms with van der Waals surface area (Å²) in [5.41, 5.74) is 0. The smallest absolute Gasteiger partial charge is 0.215 e. The molecule has 0 aromatic rings. The van der Waals surface area contributed by atoms with Crippen molar-refractivity contribution in [3.05, 3.63) is 0 Å². The highest BCUT2D eigenvalue weighted by Gasteiger charge is 2.29. The quantitative estimate of drug-likeness (QED) is 0.639. The van der Waals surface area contributed by atoms with Gasteiger partial charge in [-0.15, -0.1) is 0 Å². The van der Waals surface area contributed by atoms with E-state index in [1.54, 1.807) is 4.31 Å². The third-order valence-corrected chi connectivity index (χ3v) is 4.65. The van der Waals surface area contributed by atoms with Crippen molar-refractivity contribution in [2.45, 2.75) is 19.3 Å². The minimum atomic E-state index is -2.88. The zero-order chi connectivity index (χ0) is 9.31. The van der Waals surface area contributed by atoms with Gasteiger partial charge in [-0.2, -0.15) is 4.31 Å². The largest absolute Gasteiger partial charge is 0.290 e. The van der Waals surface area contributed by atoms with Crippen LogP contribution in [0.3, 0.4) is 0 Å². The molecule has 0 amide bonds. The van der Waals surface area contributed by atoms with E-state index < -0.39 is 10.0 Å². The zero-order valence-corrected chi connectivity index (χ0v) is 8.59. The molecule has 2 rings (SSSR count). The molecule has 0 bridgehead atoms. The maximum absolute atomic E-state index is 11.4. The van der Waals surface area contributed by atoms with Crippen LogP contribution in [0.2, 0.25) is 0 Å². The molecule has 0 saturated carbocycles. The van der Waals surface area contributed by atoms with Gasteiger partial charge in [0, 0.05) is 6.54 Å². The molecule has 0 atom stereocenters. The highest BCUT2D eigenvalue weighted by molar-refractivity contribution is 7.89. The summed E-state index contributed by atoms with van der Waals surface area (Å²) in [7, 11) is -2.88. The second-order valence-corrected chi connectivity index (χ2v) is 5.90. The number of hydrogen-bond donors (Lipinski definition) is 0. The summed E-state index contributed by atoms with van der Waals surface area (Å²) >= 11 is 0. The number of likely N-dealkylation sites (tertiary alicyclic amines) is 1. The lowest BCUT2D eigenvalue weighted by molar-refractivity contribution is 0.239. The fourth-order valence-electron chi connectivity index (χ4n) is 2.00. The lowest BCUT2D eigenvalue weighted by atomic mass is 10.4. The average molecular weight is 204 g/mol. The van der Waals surface area contributed by atoms with Crippen LogP contribution in [0.1, 0.15) is 19.3 Å². The molecule has 0 unspecified atom stereocenters. The monoisotopic (exact) mass is 204 g/mol. The Labute approximate surface area is 79.6 Å². The fraction of sp³-hybridized carbons (Fsp3) is 1.00. The molecule has 2 aliphatic rings. The average Bonchev–Trinajstić information content (AvgIpc) is 2.63. The number of rotatable bonds is 2. The Kier molecular flexibility index (Phi) is 2.58. The molecule has 2 aliphatic heterocycles. The van der Waals surface area contributed by atoms with Crippen molar-refractivity contribution in [2.24, 2.45) is 0 Å². The first-order valence-electron chi connectivity index (χ1n) is 4.89. The Morgan fingerprint density at radius 2 is 1.69 bits per heavy atom. The summed E-state index contributed by atoms with van der Waals surface area (Å²) in [4.78, 5) is 2.23. The van der Waals surface area contributed by atoms with E-state index in [0.29, 0.717) is 12.4 Å². The van der Waals surface area contributed by atoms with Crippen molar-refractivity contribution >= 4 is 10.0 Å². The maximum atomic E-state index is 11.4. The van der Waals surface area contributed by atoms with Crippen LogP contribution in [0.25, 0.3) is 0 Å². The van der Waals surface area contributed by atoms with Crippen LogP contribution in [0, 0.1) is 0 Å². The molecule has 2 saturated heterocycles. The van der Waals surface area contributed by atoms with Gasteiger partial charge in [-0.05, 0) is 32.4 Å². The van der Waals surface area contributed by atoms with Gasteiger partial charge in [-0.3, -0.25) is 4.90 Å². The Hall–Kier alpha value is -0.130. The van der Waals surface area contributed by atoms with Gasteiger partial charge in [0.05, 0.1) is 12.4 Å². The van der Waals surface area contributed by atoms with Crippen molar-refractivity contribution in [1.29, 1.82) is 0 Å². The molecule has 2 heterocycles. The van der Waals surface area contributed by atoms with E-state index in [2.05, 4.69) is 4.90 Å². The molecule has 2 fully saturated rings. The maximum Gasteiger partial charge on any atom is 0.215 e. The van der Waals surface area contributed by atoms with Crippen molar-refractivity contribution in [3.8, 4) is 0 Å². The summed E-state index contributed by atoms with van der Waals surface area (Å²) in [6.45, 7) is 3.47. The number of nitrogens with zero attached hydrogens (tertiary/aromatic N) is 2. The molecule has 0 aromatic heterocycles. The molecule has 0 radical (unpaired) electrons. The summed E-state index contributed by atoms with van der Waals surface area (Å²) < 4.78 is 24.5. The fourth-order valence-corrected chi connectivity index (χ4v) is 3.50. The highest BCUT2D eigenvalue weighted by Crippen LogP contribution is 2.16. The van der Waals surface area contributed by atoms with Crippen molar-refractivity contribution in [3.63, 3.8) is 0 Å². The second kappa shape index (κ2) is 3.55. The Bertz CT molecular complexity index is 270. The van der Waals surface area contributed by atoms with Crippen LogP contribution in [0.15, 0.2) is 0 Å². The van der Waals surface area contributed by atoms with Crippen LogP contribution in [-0.4, -0.2) is 49.7 Å². The molecular formula is C8H16N2O2S. The highest BCUT2D eigenvalue weighted by atomic mass is 32.2. The third kappa shape index (κ3) is 2.03. The Morgan fingerprint density at radius 3 is 2.23 bits per heavy atom. The third-order valence-electron chi connectivity index (χ3n) is 2.76. The van der Waals surface area contributed by atoms with Crippen LogP contribution in [0.4, 0.5) is 0 Å². The zero-order valence-electron chi connectivity index (χ0n) is 7.78. The van der Waals surface area contributed by atoms with E-state index in [4.69, 9.17) is 0 Å². The molecule has 76 valence electrons. The van der Waals surface area contributed by atoms with Gasteiger partial charge in [-0.1, -0.05) is 0 Å². The Balaban J connectivity index is 1.94. The minimum absolute atomic E-state index is 0.348. The van der Waals surface area contributed by atoms with Crippen LogP contribution in [0.5, 0.6) is 0 Å². The molecule has 0 N–H and O–H groups in total. The number of hydrogen-bond acceptors (Lipinski definition) is 3. The van der Waals surface area contributed by atoms with Crippen LogP contribution < -0.4 is 0 Å². The van der Waals surface area contributed by atoms with Gasteiger partial charge in [0.1, 0.15) is 0 Å². The lowest BCUT2D eigenvalue weighted by Crippen LogP contribution is -2.37. The first-order valence-corrected chi connectivity index (χ1v) is 6.49. The number of sulfonamides is 1. The van der Waals surface area contributed by atoms with Gasteiger partial charge in [-0.25, -0.2) is 8.42 Å². The van der Waals surface area contributed by atoms with E-state index >= 15 is 0 Å². The first kappa shape index (κ1) is 9.43. The predicted molar refractivity (Wildman–Crippen MR) is 50.8 cm³/mol. The van der Waals surface area contributed by atoms with E-state index in [9.17, 15) is 8.42 Å². The summed E-state index contributed by atoms with van der Waals surface area (Å²) in [5, 5.41) is 0. The summed E-state index contributed by atoms with van der Waals surface area (Å²) in [5.74, 6) is 0.348. The van der Waals surface area contributed by atoms with E-state index in [0.717, 1.165) is 26.1 Å². The van der Waals surface area contributed by atoms with Gasteiger partial charge < -0.3 is 0 Å². The van der Waals surface area contributed by atoms with Gasteiger partial charge >= 0.3 is 0 Å². The van der Waals surface area contributed by atoms with Crippen molar-refractivity contribution in [2.75, 3.05) is 32.1 Å². The Morgan fingerprint density at radius 1 is 1.00 bits per heavy atom. The van der Waals surface area contributed by atoms with Crippen molar-refractivity contribution < 1.29 is 8.42 Å². The molecule has 0 aliphatic carbocycles. The molecular weight excluding hydrogens is 188 g/mol. The van der Waals surface area contributed by atoms with Crippen molar-refractivity contribution in [1.82, 2.24) is 9.21 Å². The van der Waals surface area contributed by atoms with Crippen LogP contribution >= 0.6 is 0 Å². The van der Waals surface area contributed by atoms with E-state index in [-0.39, 0.29) is 0 Å². The molecule has 4 nitrogen and oxygen atoms in total. The lowest BCUT2D eigenvalue weighted by Gasteiger charge is -2.21. The van der Waals surface area contributed by atoms with E-state index in [1.165, 1.54) is 12.8 Å². The summed E-state index contributed by atoms with van der Waals surface area (Å²) in [6.07, 6.45) is 3.23. The topological polar surface area (TPSA) is 40.6 Å². The SMILES string of the molecule is O=S1(=O)CCCN1CN1CCCC1. The molecule has 0 aromatic carbocycles. The summed E-state index contributed by atoms with van der Waals surface area (Å²) in [6, 6.07) is 0.